The van der Waals surface area contributed by atoms with Crippen molar-refractivity contribution in [2.24, 2.45) is 5.10 Å². The molecule has 0 radical (unpaired) electrons. The predicted molar refractivity (Wildman–Crippen MR) is 117 cm³/mol. The highest BCUT2D eigenvalue weighted by Gasteiger charge is 2.09. The Kier molecular flexibility index (Phi) is 7.08. The number of hydrogen-bond acceptors (Lipinski definition) is 5. The maximum absolute atomic E-state index is 12.1. The third-order valence-corrected chi connectivity index (χ3v) is 4.59. The highest BCUT2D eigenvalue weighted by Crippen LogP contribution is 2.30. The van der Waals surface area contributed by atoms with Gasteiger partial charge in [0, 0.05) is 10.0 Å². The van der Waals surface area contributed by atoms with Gasteiger partial charge in [-0.2, -0.15) is 5.10 Å². The molecule has 1 N–H and O–H groups in total. The van der Waals surface area contributed by atoms with E-state index in [0.29, 0.717) is 23.9 Å². The molecule has 7 heteroatoms. The number of benzene rings is 3. The third-order valence-electron chi connectivity index (χ3n) is 4.10. The number of carbonyl (C=O) groups excluding carboxylic acids is 1. The van der Waals surface area contributed by atoms with Crippen molar-refractivity contribution in [1.82, 2.24) is 5.43 Å². The third kappa shape index (κ3) is 5.26. The highest BCUT2D eigenvalue weighted by molar-refractivity contribution is 9.10. The molecule has 0 fully saturated rings. The lowest BCUT2D eigenvalue weighted by Crippen LogP contribution is -2.24. The Morgan fingerprint density at radius 2 is 1.86 bits per heavy atom. The van der Waals surface area contributed by atoms with E-state index in [1.165, 1.54) is 0 Å². The quantitative estimate of drug-likeness (QED) is 0.399. The number of nitrogens with zero attached hydrogens (tertiary/aromatic N) is 1. The van der Waals surface area contributed by atoms with Crippen molar-refractivity contribution in [2.45, 2.75) is 6.92 Å². The second-order valence-electron chi connectivity index (χ2n) is 6.01. The molecule has 0 spiro atoms. The number of hydrogen-bond donors (Lipinski definition) is 1. The van der Waals surface area contributed by atoms with Gasteiger partial charge in [-0.25, -0.2) is 5.43 Å². The Balaban J connectivity index is 1.68. The fraction of sp³-hybridized carbons (Fsp3) is 0.182. The van der Waals surface area contributed by atoms with Gasteiger partial charge in [0.1, 0.15) is 5.75 Å². The second kappa shape index (κ2) is 9.93. The number of nitrogens with one attached hydrogen (secondary N) is 1. The zero-order chi connectivity index (χ0) is 20.6. The number of carbonyl (C=O) groups is 1. The lowest BCUT2D eigenvalue weighted by atomic mass is 10.0. The van der Waals surface area contributed by atoms with Crippen LogP contribution in [0.2, 0.25) is 0 Å². The molecule has 3 rings (SSSR count). The number of methoxy groups -OCH3 is 1. The van der Waals surface area contributed by atoms with Crippen molar-refractivity contribution in [3.63, 3.8) is 0 Å². The molecule has 0 saturated carbocycles. The van der Waals surface area contributed by atoms with Crippen LogP contribution < -0.4 is 19.6 Å². The number of rotatable bonds is 8. The minimum absolute atomic E-state index is 0.191. The smallest absolute Gasteiger partial charge is 0.277 e. The van der Waals surface area contributed by atoms with Crippen LogP contribution in [0.4, 0.5) is 0 Å². The molecule has 1 amide bonds. The zero-order valence-corrected chi connectivity index (χ0v) is 17.7. The van der Waals surface area contributed by atoms with Crippen molar-refractivity contribution in [1.29, 1.82) is 0 Å². The van der Waals surface area contributed by atoms with E-state index in [2.05, 4.69) is 26.5 Å². The molecule has 3 aromatic carbocycles. The van der Waals surface area contributed by atoms with Crippen LogP contribution in [0, 0.1) is 0 Å². The molecule has 0 aliphatic rings. The summed E-state index contributed by atoms with van der Waals surface area (Å²) in [5.41, 5.74) is 3.29. The Labute approximate surface area is 177 Å². The van der Waals surface area contributed by atoms with Gasteiger partial charge in [-0.3, -0.25) is 4.79 Å². The second-order valence-corrected chi connectivity index (χ2v) is 6.92. The molecule has 0 bridgehead atoms. The topological polar surface area (TPSA) is 69.2 Å². The van der Waals surface area contributed by atoms with E-state index in [0.717, 1.165) is 20.8 Å². The Morgan fingerprint density at radius 3 is 2.66 bits per heavy atom. The van der Waals surface area contributed by atoms with E-state index in [-0.39, 0.29) is 12.5 Å². The van der Waals surface area contributed by atoms with E-state index >= 15 is 0 Å². The first kappa shape index (κ1) is 20.7. The van der Waals surface area contributed by atoms with Crippen LogP contribution in [-0.2, 0) is 4.79 Å². The van der Waals surface area contributed by atoms with Crippen LogP contribution in [-0.4, -0.2) is 32.4 Å². The maximum Gasteiger partial charge on any atom is 0.277 e. The van der Waals surface area contributed by atoms with Gasteiger partial charge in [0.05, 0.1) is 19.9 Å². The molecule has 0 atom stereocenters. The standard InChI is InChI=1S/C22H21BrN2O4/c1-3-28-19-10-8-15-6-4-5-7-17(15)18(19)13-24-25-22(26)14-29-20-11-9-16(23)12-21(20)27-2/h4-13H,3,14H2,1-2H3,(H,25,26). The molecule has 6 nitrogen and oxygen atoms in total. The summed E-state index contributed by atoms with van der Waals surface area (Å²) in [5.74, 6) is 1.33. The van der Waals surface area contributed by atoms with Crippen LogP contribution >= 0.6 is 15.9 Å². The van der Waals surface area contributed by atoms with E-state index in [1.54, 1.807) is 25.5 Å². The van der Waals surface area contributed by atoms with Gasteiger partial charge in [-0.1, -0.05) is 46.3 Å². The van der Waals surface area contributed by atoms with Crippen LogP contribution in [0.25, 0.3) is 10.8 Å². The van der Waals surface area contributed by atoms with Crippen molar-refractivity contribution in [2.75, 3.05) is 20.3 Å². The molecule has 0 saturated heterocycles. The Morgan fingerprint density at radius 1 is 1.07 bits per heavy atom. The number of halogens is 1. The Bertz CT molecular complexity index is 1040. The van der Waals surface area contributed by atoms with Gasteiger partial charge in [0.25, 0.3) is 5.91 Å². The van der Waals surface area contributed by atoms with E-state index < -0.39 is 0 Å². The maximum atomic E-state index is 12.1. The van der Waals surface area contributed by atoms with Crippen molar-refractivity contribution < 1.29 is 19.0 Å². The molecular weight excluding hydrogens is 436 g/mol. The summed E-state index contributed by atoms with van der Waals surface area (Å²) in [6.45, 7) is 2.27. The van der Waals surface area contributed by atoms with Gasteiger partial charge >= 0.3 is 0 Å². The van der Waals surface area contributed by atoms with Crippen LogP contribution in [0.15, 0.2) is 64.2 Å². The average Bonchev–Trinajstić information content (AvgIpc) is 2.74. The zero-order valence-electron chi connectivity index (χ0n) is 16.1. The summed E-state index contributed by atoms with van der Waals surface area (Å²) in [6.07, 6.45) is 1.59. The molecule has 0 aliphatic heterocycles. The summed E-state index contributed by atoms with van der Waals surface area (Å²) in [7, 11) is 1.54. The van der Waals surface area contributed by atoms with E-state index in [4.69, 9.17) is 14.2 Å². The van der Waals surface area contributed by atoms with Crippen molar-refractivity contribution >= 4 is 38.8 Å². The fourth-order valence-electron chi connectivity index (χ4n) is 2.80. The highest BCUT2D eigenvalue weighted by atomic mass is 79.9. The number of fused-ring (bicyclic) bond motifs is 1. The predicted octanol–water partition coefficient (Wildman–Crippen LogP) is 4.54. The summed E-state index contributed by atoms with van der Waals surface area (Å²) in [4.78, 5) is 12.1. The number of amides is 1. The minimum Gasteiger partial charge on any atom is -0.493 e. The molecular formula is C22H21BrN2O4. The first-order chi connectivity index (χ1) is 14.1. The van der Waals surface area contributed by atoms with Crippen LogP contribution in [0.3, 0.4) is 0 Å². The summed E-state index contributed by atoms with van der Waals surface area (Å²) in [6, 6.07) is 17.1. The Hall–Kier alpha value is -3.06. The monoisotopic (exact) mass is 456 g/mol. The van der Waals surface area contributed by atoms with E-state index in [1.807, 2.05) is 49.4 Å². The van der Waals surface area contributed by atoms with Gasteiger partial charge in [-0.05, 0) is 42.0 Å². The summed E-state index contributed by atoms with van der Waals surface area (Å²) < 4.78 is 17.3. The first-order valence-electron chi connectivity index (χ1n) is 9.05. The van der Waals surface area contributed by atoms with Crippen LogP contribution in [0.5, 0.6) is 17.2 Å². The van der Waals surface area contributed by atoms with Gasteiger partial charge in [-0.15, -0.1) is 0 Å². The molecule has 0 aromatic heterocycles. The minimum atomic E-state index is -0.385. The SMILES string of the molecule is CCOc1ccc2ccccc2c1C=NNC(=O)COc1ccc(Br)cc1OC. The van der Waals surface area contributed by atoms with Crippen molar-refractivity contribution in [3.8, 4) is 17.2 Å². The summed E-state index contributed by atoms with van der Waals surface area (Å²) >= 11 is 3.36. The molecule has 150 valence electrons. The molecule has 0 aliphatic carbocycles. The lowest BCUT2D eigenvalue weighted by molar-refractivity contribution is -0.123. The normalized spacial score (nSPS) is 10.9. The molecule has 29 heavy (non-hydrogen) atoms. The van der Waals surface area contributed by atoms with E-state index in [9.17, 15) is 4.79 Å². The number of ether oxygens (including phenoxy) is 3. The average molecular weight is 457 g/mol. The van der Waals surface area contributed by atoms with Crippen LogP contribution in [0.1, 0.15) is 12.5 Å². The summed E-state index contributed by atoms with van der Waals surface area (Å²) in [5, 5.41) is 6.14. The van der Waals surface area contributed by atoms with Gasteiger partial charge in [0.2, 0.25) is 0 Å². The van der Waals surface area contributed by atoms with Gasteiger partial charge < -0.3 is 14.2 Å². The molecule has 3 aromatic rings. The first-order valence-corrected chi connectivity index (χ1v) is 9.84. The fourth-order valence-corrected chi connectivity index (χ4v) is 3.14. The molecule has 0 heterocycles. The van der Waals surface area contributed by atoms with Gasteiger partial charge in [0.15, 0.2) is 18.1 Å². The molecule has 0 unspecified atom stereocenters. The largest absolute Gasteiger partial charge is 0.493 e. The van der Waals surface area contributed by atoms with Crippen molar-refractivity contribution in [3.05, 3.63) is 64.6 Å². The lowest BCUT2D eigenvalue weighted by Gasteiger charge is -2.11. The number of hydrazone groups is 1.